The van der Waals surface area contributed by atoms with E-state index in [-0.39, 0.29) is 17.4 Å². The lowest BCUT2D eigenvalue weighted by Gasteiger charge is -2.22. The first-order chi connectivity index (χ1) is 10.5. The van der Waals surface area contributed by atoms with Crippen molar-refractivity contribution in [3.8, 4) is 0 Å². The summed E-state index contributed by atoms with van der Waals surface area (Å²) < 4.78 is 31.8. The molecule has 0 bridgehead atoms. The Bertz CT molecular complexity index is 601. The van der Waals surface area contributed by atoms with Gasteiger partial charge in [-0.15, -0.1) is 0 Å². The van der Waals surface area contributed by atoms with Gasteiger partial charge in [-0.3, -0.25) is 4.79 Å². The molecule has 1 aromatic carbocycles. The number of rotatable bonds is 4. The minimum absolute atomic E-state index is 0.244. The van der Waals surface area contributed by atoms with Crippen LogP contribution in [-0.4, -0.2) is 19.0 Å². The van der Waals surface area contributed by atoms with Gasteiger partial charge in [0.15, 0.2) is 6.04 Å². The molecule has 1 N–H and O–H groups in total. The Morgan fingerprint density at radius 2 is 2.09 bits per heavy atom. The van der Waals surface area contributed by atoms with Crippen molar-refractivity contribution in [3.63, 3.8) is 0 Å². The number of methoxy groups -OCH3 is 1. The molecular formula is C16H17F2NO3. The number of carbonyl (C=O) groups excluding carboxylic acids is 2. The number of hydrogen-bond donors (Lipinski definition) is 1. The summed E-state index contributed by atoms with van der Waals surface area (Å²) >= 11 is 0. The van der Waals surface area contributed by atoms with Crippen molar-refractivity contribution < 1.29 is 23.1 Å². The quantitative estimate of drug-likeness (QED) is 0.687. The third kappa shape index (κ3) is 3.69. The smallest absolute Gasteiger partial charge is 0.333 e. The average Bonchev–Trinajstić information content (AvgIpc) is 2.55. The van der Waals surface area contributed by atoms with Crippen molar-refractivity contribution >= 4 is 11.9 Å². The van der Waals surface area contributed by atoms with Crippen LogP contribution in [-0.2, 0) is 14.3 Å². The molecule has 1 aliphatic carbocycles. The number of ether oxygens (including phenoxy) is 1. The Labute approximate surface area is 127 Å². The normalized spacial score (nSPS) is 18.6. The first-order valence-corrected chi connectivity index (χ1v) is 7.01. The second kappa shape index (κ2) is 7.15. The molecule has 22 heavy (non-hydrogen) atoms. The third-order valence-electron chi connectivity index (χ3n) is 3.63. The Hall–Kier alpha value is -2.24. The van der Waals surface area contributed by atoms with Crippen molar-refractivity contribution in [1.29, 1.82) is 0 Å². The van der Waals surface area contributed by atoms with Crippen LogP contribution in [0.1, 0.15) is 30.9 Å². The topological polar surface area (TPSA) is 55.4 Å². The molecule has 0 saturated carbocycles. The van der Waals surface area contributed by atoms with Crippen LogP contribution >= 0.6 is 0 Å². The van der Waals surface area contributed by atoms with E-state index in [0.717, 1.165) is 31.7 Å². The highest BCUT2D eigenvalue weighted by atomic mass is 19.1. The molecule has 0 aliphatic heterocycles. The predicted molar refractivity (Wildman–Crippen MR) is 75.7 cm³/mol. The maximum absolute atomic E-state index is 13.9. The van der Waals surface area contributed by atoms with Gasteiger partial charge < -0.3 is 10.1 Å². The van der Waals surface area contributed by atoms with E-state index >= 15 is 0 Å². The summed E-state index contributed by atoms with van der Waals surface area (Å²) in [6.45, 7) is 0. The Kier molecular flexibility index (Phi) is 5.25. The molecule has 118 valence electrons. The fourth-order valence-electron chi connectivity index (χ4n) is 2.41. The lowest BCUT2D eigenvalue weighted by molar-refractivity contribution is -0.146. The third-order valence-corrected chi connectivity index (χ3v) is 3.63. The van der Waals surface area contributed by atoms with Gasteiger partial charge in [0, 0.05) is 11.5 Å². The van der Waals surface area contributed by atoms with Gasteiger partial charge in [-0.05, 0) is 37.5 Å². The van der Waals surface area contributed by atoms with Gasteiger partial charge in [0.05, 0.1) is 7.11 Å². The molecule has 0 radical (unpaired) electrons. The summed E-state index contributed by atoms with van der Waals surface area (Å²) in [5, 5.41) is 2.47. The molecule has 0 heterocycles. The van der Waals surface area contributed by atoms with Crippen LogP contribution in [0.2, 0.25) is 0 Å². The molecule has 0 spiro atoms. The molecule has 1 aromatic rings. The van der Waals surface area contributed by atoms with Crippen LogP contribution < -0.4 is 5.32 Å². The fraction of sp³-hybridized carbons (Fsp3) is 0.375. The zero-order chi connectivity index (χ0) is 16.1. The fourth-order valence-corrected chi connectivity index (χ4v) is 2.41. The van der Waals surface area contributed by atoms with E-state index in [0.29, 0.717) is 12.8 Å². The van der Waals surface area contributed by atoms with E-state index in [1.54, 1.807) is 0 Å². The molecule has 6 heteroatoms. The summed E-state index contributed by atoms with van der Waals surface area (Å²) in [5.74, 6) is -2.97. The first-order valence-electron chi connectivity index (χ1n) is 7.01. The molecule has 0 fully saturated rings. The van der Waals surface area contributed by atoms with E-state index in [1.807, 2.05) is 12.2 Å². The molecule has 1 aliphatic rings. The number of esters is 1. The molecule has 0 unspecified atom stereocenters. The van der Waals surface area contributed by atoms with Crippen LogP contribution in [0, 0.1) is 17.6 Å². The molecule has 4 nitrogen and oxygen atoms in total. The number of nitrogens with one attached hydrogen (secondary N) is 1. The summed E-state index contributed by atoms with van der Waals surface area (Å²) in [4.78, 5) is 24.1. The average molecular weight is 309 g/mol. The SMILES string of the molecule is COC(=O)[C@@H](NC(=O)[C@@H]1CC=CCC1)c1cc(F)ccc1F. The van der Waals surface area contributed by atoms with E-state index in [1.165, 1.54) is 0 Å². The molecule has 2 rings (SSSR count). The van der Waals surface area contributed by atoms with Gasteiger partial charge in [-0.2, -0.15) is 0 Å². The second-order valence-corrected chi connectivity index (χ2v) is 5.11. The highest BCUT2D eigenvalue weighted by Gasteiger charge is 2.29. The lowest BCUT2D eigenvalue weighted by Crippen LogP contribution is -2.39. The number of allylic oxidation sites excluding steroid dienone is 2. The zero-order valence-corrected chi connectivity index (χ0v) is 12.1. The molecular weight excluding hydrogens is 292 g/mol. The van der Waals surface area contributed by atoms with Crippen LogP contribution in [0.15, 0.2) is 30.4 Å². The van der Waals surface area contributed by atoms with Crippen LogP contribution in [0.4, 0.5) is 8.78 Å². The van der Waals surface area contributed by atoms with E-state index in [4.69, 9.17) is 0 Å². The van der Waals surface area contributed by atoms with Gasteiger partial charge in [0.2, 0.25) is 5.91 Å². The van der Waals surface area contributed by atoms with E-state index in [2.05, 4.69) is 10.1 Å². The standard InChI is InChI=1S/C16H17F2NO3/c1-22-16(21)14(12-9-11(17)7-8-13(12)18)19-15(20)10-5-3-2-4-6-10/h2-3,7-10,14H,4-6H2,1H3,(H,19,20)/t10-,14+/m1/s1. The number of carbonyl (C=O) groups is 2. The molecule has 2 atom stereocenters. The van der Waals surface area contributed by atoms with Crippen molar-refractivity contribution in [2.24, 2.45) is 5.92 Å². The zero-order valence-electron chi connectivity index (χ0n) is 12.1. The largest absolute Gasteiger partial charge is 0.467 e. The number of benzene rings is 1. The van der Waals surface area contributed by atoms with Crippen LogP contribution in [0.5, 0.6) is 0 Å². The monoisotopic (exact) mass is 309 g/mol. The minimum atomic E-state index is -1.36. The maximum atomic E-state index is 13.9. The molecule has 1 amide bonds. The van der Waals surface area contributed by atoms with Crippen molar-refractivity contribution in [3.05, 3.63) is 47.5 Å². The summed E-state index contributed by atoms with van der Waals surface area (Å²) in [6, 6.07) is 1.38. The Morgan fingerprint density at radius 3 is 2.73 bits per heavy atom. The number of halogens is 2. The van der Waals surface area contributed by atoms with Gasteiger partial charge in [-0.1, -0.05) is 12.2 Å². The molecule has 0 saturated heterocycles. The van der Waals surface area contributed by atoms with Gasteiger partial charge in [0.1, 0.15) is 11.6 Å². The van der Waals surface area contributed by atoms with Gasteiger partial charge in [0.25, 0.3) is 0 Å². The second-order valence-electron chi connectivity index (χ2n) is 5.11. The summed E-state index contributed by atoms with van der Waals surface area (Å²) in [5.41, 5.74) is -0.244. The van der Waals surface area contributed by atoms with Crippen molar-refractivity contribution in [2.75, 3.05) is 7.11 Å². The van der Waals surface area contributed by atoms with Crippen LogP contribution in [0.25, 0.3) is 0 Å². The molecule has 0 aromatic heterocycles. The number of amides is 1. The number of hydrogen-bond acceptors (Lipinski definition) is 3. The highest BCUT2D eigenvalue weighted by Crippen LogP contribution is 2.23. The van der Waals surface area contributed by atoms with Gasteiger partial charge >= 0.3 is 5.97 Å². The maximum Gasteiger partial charge on any atom is 0.333 e. The summed E-state index contributed by atoms with van der Waals surface area (Å²) in [7, 11) is 1.13. The van der Waals surface area contributed by atoms with Crippen molar-refractivity contribution in [2.45, 2.75) is 25.3 Å². The van der Waals surface area contributed by atoms with E-state index < -0.39 is 23.6 Å². The van der Waals surface area contributed by atoms with E-state index in [9.17, 15) is 18.4 Å². The van der Waals surface area contributed by atoms with Crippen molar-refractivity contribution in [1.82, 2.24) is 5.32 Å². The summed E-state index contributed by atoms with van der Waals surface area (Å²) in [6.07, 6.45) is 5.86. The lowest BCUT2D eigenvalue weighted by atomic mass is 9.93. The van der Waals surface area contributed by atoms with Gasteiger partial charge in [-0.25, -0.2) is 13.6 Å². The first kappa shape index (κ1) is 16.1. The highest BCUT2D eigenvalue weighted by molar-refractivity contribution is 5.86. The predicted octanol–water partition coefficient (Wildman–Crippen LogP) is 2.65. The minimum Gasteiger partial charge on any atom is -0.467 e. The Balaban J connectivity index is 2.23. The van der Waals surface area contributed by atoms with Crippen LogP contribution in [0.3, 0.4) is 0 Å². The Morgan fingerprint density at radius 1 is 1.32 bits per heavy atom.